The summed E-state index contributed by atoms with van der Waals surface area (Å²) in [7, 11) is 0. The van der Waals surface area contributed by atoms with Crippen molar-refractivity contribution in [1.82, 2.24) is 5.32 Å². The molecule has 0 aromatic carbocycles. The summed E-state index contributed by atoms with van der Waals surface area (Å²) in [6.07, 6.45) is 74.2. The van der Waals surface area contributed by atoms with Crippen LogP contribution in [0.3, 0.4) is 0 Å². The van der Waals surface area contributed by atoms with Crippen molar-refractivity contribution < 1.29 is 24.5 Å². The highest BCUT2D eigenvalue weighted by Gasteiger charge is 2.20. The topological polar surface area (TPSA) is 95.9 Å². The predicted octanol–water partition coefficient (Wildman–Crippen LogP) is 21.0. The van der Waals surface area contributed by atoms with Crippen molar-refractivity contribution in [2.75, 3.05) is 13.2 Å². The summed E-state index contributed by atoms with van der Waals surface area (Å²) in [6.45, 7) is 4.99. The van der Waals surface area contributed by atoms with E-state index in [0.29, 0.717) is 25.9 Å². The van der Waals surface area contributed by atoms with E-state index in [0.717, 1.165) is 38.5 Å². The quantitative estimate of drug-likeness (QED) is 0.0417. The van der Waals surface area contributed by atoms with Crippen LogP contribution in [0.4, 0.5) is 0 Å². The van der Waals surface area contributed by atoms with Crippen molar-refractivity contribution in [3.8, 4) is 0 Å². The number of ether oxygens (including phenoxy) is 1. The first kappa shape index (κ1) is 70.9. The molecule has 0 rings (SSSR count). The van der Waals surface area contributed by atoms with Gasteiger partial charge in [-0.05, 0) is 25.7 Å². The van der Waals surface area contributed by atoms with E-state index in [9.17, 15) is 19.8 Å². The Labute approximate surface area is 451 Å². The van der Waals surface area contributed by atoms with E-state index in [1.807, 2.05) is 0 Å². The lowest BCUT2D eigenvalue weighted by molar-refractivity contribution is -0.143. The Kier molecular flexibility index (Phi) is 61.4. The third kappa shape index (κ3) is 58.1. The summed E-state index contributed by atoms with van der Waals surface area (Å²) in [5, 5.41) is 23.3. The average Bonchev–Trinajstić information content (AvgIpc) is 3.38. The molecule has 0 spiro atoms. The summed E-state index contributed by atoms with van der Waals surface area (Å²) in [5.74, 6) is -0.00786. The van der Waals surface area contributed by atoms with Crippen molar-refractivity contribution in [1.29, 1.82) is 0 Å². The highest BCUT2D eigenvalue weighted by molar-refractivity contribution is 5.76. The maximum Gasteiger partial charge on any atom is 0.305 e. The van der Waals surface area contributed by atoms with Crippen LogP contribution in [0.5, 0.6) is 0 Å². The molecule has 0 bridgehead atoms. The van der Waals surface area contributed by atoms with Gasteiger partial charge in [0.2, 0.25) is 5.91 Å². The summed E-state index contributed by atoms with van der Waals surface area (Å²) >= 11 is 0. The molecule has 0 fully saturated rings. The summed E-state index contributed by atoms with van der Waals surface area (Å²) in [4.78, 5) is 24.5. The Morgan fingerprint density at radius 2 is 0.569 bits per heavy atom. The molecule has 0 saturated carbocycles. The van der Waals surface area contributed by atoms with Gasteiger partial charge in [0.1, 0.15) is 0 Å². The molecule has 6 heteroatoms. The monoisotopic (exact) mass is 1020 g/mol. The van der Waals surface area contributed by atoms with Crippen LogP contribution in [0.25, 0.3) is 0 Å². The number of carbonyl (C=O) groups is 2. The third-order valence-electron chi connectivity index (χ3n) is 15.9. The maximum absolute atomic E-state index is 12.5. The van der Waals surface area contributed by atoms with Gasteiger partial charge in [0.25, 0.3) is 0 Å². The van der Waals surface area contributed by atoms with Gasteiger partial charge >= 0.3 is 5.97 Å². The van der Waals surface area contributed by atoms with Crippen LogP contribution >= 0.6 is 0 Å². The van der Waals surface area contributed by atoms with Gasteiger partial charge in [-0.25, -0.2) is 0 Å². The van der Waals surface area contributed by atoms with E-state index >= 15 is 0 Å². The number of aliphatic hydroxyl groups excluding tert-OH is 2. The van der Waals surface area contributed by atoms with Crippen LogP contribution in [0.2, 0.25) is 0 Å². The van der Waals surface area contributed by atoms with Crippen molar-refractivity contribution in [3.05, 3.63) is 0 Å². The number of hydrogen-bond donors (Lipinski definition) is 3. The Bertz CT molecular complexity index is 1040. The Balaban J connectivity index is 3.32. The second-order valence-electron chi connectivity index (χ2n) is 23.2. The zero-order valence-corrected chi connectivity index (χ0v) is 49.2. The number of aliphatic hydroxyl groups is 2. The predicted molar refractivity (Wildman–Crippen MR) is 315 cm³/mol. The van der Waals surface area contributed by atoms with Crippen LogP contribution in [0.15, 0.2) is 0 Å². The molecule has 0 aromatic rings. The van der Waals surface area contributed by atoms with Gasteiger partial charge in [0, 0.05) is 12.8 Å². The fourth-order valence-corrected chi connectivity index (χ4v) is 10.8. The van der Waals surface area contributed by atoms with Gasteiger partial charge in [-0.15, -0.1) is 0 Å². The Morgan fingerprint density at radius 1 is 0.333 bits per heavy atom. The molecule has 0 aliphatic rings. The molecule has 0 heterocycles. The molecule has 72 heavy (non-hydrogen) atoms. The standard InChI is InChI=1S/C66H131NO5/c1-3-5-7-9-11-13-15-17-32-35-38-42-46-50-54-58-64(69)63(62-68)67-65(70)59-55-51-47-43-39-36-33-30-28-26-24-22-20-18-19-21-23-25-27-29-31-34-37-41-45-49-53-57-61-72-66(71)60-56-52-48-44-40-16-14-12-10-8-6-4-2/h63-64,68-69H,3-62H2,1-2H3,(H,67,70). The van der Waals surface area contributed by atoms with Crippen molar-refractivity contribution in [2.24, 2.45) is 0 Å². The van der Waals surface area contributed by atoms with E-state index in [1.54, 1.807) is 0 Å². The first-order valence-corrected chi connectivity index (χ1v) is 33.3. The number of hydrogen-bond acceptors (Lipinski definition) is 5. The largest absolute Gasteiger partial charge is 0.466 e. The zero-order valence-electron chi connectivity index (χ0n) is 49.2. The van der Waals surface area contributed by atoms with E-state index in [2.05, 4.69) is 19.2 Å². The Hall–Kier alpha value is -1.14. The number of unbranched alkanes of at least 4 members (excludes halogenated alkanes) is 52. The first-order chi connectivity index (χ1) is 35.5. The lowest BCUT2D eigenvalue weighted by Gasteiger charge is -2.22. The minimum Gasteiger partial charge on any atom is -0.466 e. The fourth-order valence-electron chi connectivity index (χ4n) is 10.8. The van der Waals surface area contributed by atoms with Gasteiger partial charge in [0.05, 0.1) is 25.4 Å². The third-order valence-corrected chi connectivity index (χ3v) is 15.9. The molecule has 0 radical (unpaired) electrons. The highest BCUT2D eigenvalue weighted by Crippen LogP contribution is 2.19. The fraction of sp³-hybridized carbons (Fsp3) is 0.970. The van der Waals surface area contributed by atoms with Crippen molar-refractivity contribution in [2.45, 2.75) is 398 Å². The van der Waals surface area contributed by atoms with Crippen molar-refractivity contribution in [3.63, 3.8) is 0 Å². The van der Waals surface area contributed by atoms with Crippen molar-refractivity contribution >= 4 is 11.9 Å². The molecule has 0 aromatic heterocycles. The lowest BCUT2D eigenvalue weighted by atomic mass is 10.0. The highest BCUT2D eigenvalue weighted by atomic mass is 16.5. The van der Waals surface area contributed by atoms with E-state index < -0.39 is 12.1 Å². The molecule has 0 aliphatic carbocycles. The van der Waals surface area contributed by atoms with Crippen LogP contribution in [0.1, 0.15) is 386 Å². The molecule has 3 N–H and O–H groups in total. The minimum atomic E-state index is -0.660. The maximum atomic E-state index is 12.5. The summed E-state index contributed by atoms with van der Waals surface area (Å²) in [6, 6.07) is -0.537. The smallest absolute Gasteiger partial charge is 0.305 e. The number of nitrogens with one attached hydrogen (secondary N) is 1. The zero-order chi connectivity index (χ0) is 52.2. The van der Waals surface area contributed by atoms with Gasteiger partial charge in [-0.3, -0.25) is 9.59 Å². The van der Waals surface area contributed by atoms with Crippen LogP contribution < -0.4 is 5.32 Å². The molecule has 6 nitrogen and oxygen atoms in total. The number of esters is 1. The number of amides is 1. The number of rotatable bonds is 63. The van der Waals surface area contributed by atoms with E-state index in [1.165, 1.54) is 315 Å². The molecular weight excluding hydrogens is 887 g/mol. The summed E-state index contributed by atoms with van der Waals surface area (Å²) in [5.41, 5.74) is 0. The second-order valence-corrected chi connectivity index (χ2v) is 23.2. The molecule has 430 valence electrons. The first-order valence-electron chi connectivity index (χ1n) is 33.3. The SMILES string of the molecule is CCCCCCCCCCCCCCCCCC(O)C(CO)NC(=O)CCCCCCCCCCCCCCCCCCCCCCCCCCCCCCOC(=O)CCCCCCCCCCCCCC. The van der Waals surface area contributed by atoms with Gasteiger partial charge in [-0.2, -0.15) is 0 Å². The molecule has 2 atom stereocenters. The molecule has 0 aliphatic heterocycles. The average molecular weight is 1020 g/mol. The second kappa shape index (κ2) is 62.4. The van der Waals surface area contributed by atoms with Gasteiger partial charge < -0.3 is 20.3 Å². The van der Waals surface area contributed by atoms with E-state index in [4.69, 9.17) is 4.74 Å². The minimum absolute atomic E-state index is 0.0205. The summed E-state index contributed by atoms with van der Waals surface area (Å²) < 4.78 is 5.48. The normalized spacial score (nSPS) is 12.4. The lowest BCUT2D eigenvalue weighted by Crippen LogP contribution is -2.45. The molecule has 1 amide bonds. The Morgan fingerprint density at radius 3 is 0.847 bits per heavy atom. The van der Waals surface area contributed by atoms with Crippen LogP contribution in [-0.2, 0) is 14.3 Å². The molecule has 0 saturated heterocycles. The molecule has 2 unspecified atom stereocenters. The van der Waals surface area contributed by atoms with Crippen LogP contribution in [0, 0.1) is 0 Å². The van der Waals surface area contributed by atoms with Gasteiger partial charge in [-0.1, -0.05) is 348 Å². The van der Waals surface area contributed by atoms with Gasteiger partial charge in [0.15, 0.2) is 0 Å². The number of carbonyl (C=O) groups excluding carboxylic acids is 2. The van der Waals surface area contributed by atoms with E-state index in [-0.39, 0.29) is 18.5 Å². The van der Waals surface area contributed by atoms with Crippen LogP contribution in [-0.4, -0.2) is 47.4 Å². The molecular formula is C66H131NO5.